The van der Waals surface area contributed by atoms with Crippen molar-refractivity contribution in [3.05, 3.63) is 86.9 Å². The number of hydrogen-bond donors (Lipinski definition) is 2. The number of carbonyl (C=O) groups is 4. The summed E-state index contributed by atoms with van der Waals surface area (Å²) in [5, 5.41) is 13.5. The Morgan fingerprint density at radius 2 is 1.74 bits per heavy atom. The average Bonchev–Trinajstić information content (AvgIpc) is 3.57. The molecule has 1 fully saturated rings. The zero-order chi connectivity index (χ0) is 27.6. The van der Waals surface area contributed by atoms with Crippen molar-refractivity contribution in [1.29, 1.82) is 0 Å². The van der Waals surface area contributed by atoms with E-state index in [0.717, 1.165) is 0 Å². The molecule has 4 unspecified atom stereocenters. The SMILES string of the molecule is Cc1cccc2c1C(=O)C1(OC(c3ccc(Cl)c(Cl)c3)C(C(=O)Nc3ccc4c(c3)OCO4)C1C(=O)O)C2=O. The van der Waals surface area contributed by atoms with Gasteiger partial charge in [-0.05, 0) is 42.3 Å². The third-order valence-corrected chi connectivity index (χ3v) is 8.08. The molecule has 198 valence electrons. The van der Waals surface area contributed by atoms with Crippen molar-refractivity contribution < 1.29 is 38.5 Å². The predicted molar refractivity (Wildman–Crippen MR) is 139 cm³/mol. The van der Waals surface area contributed by atoms with E-state index >= 15 is 0 Å². The van der Waals surface area contributed by atoms with Crippen LogP contribution in [0, 0.1) is 18.8 Å². The van der Waals surface area contributed by atoms with Gasteiger partial charge < -0.3 is 24.6 Å². The van der Waals surface area contributed by atoms with Crippen molar-refractivity contribution in [1.82, 2.24) is 0 Å². The summed E-state index contributed by atoms with van der Waals surface area (Å²) in [7, 11) is 0. The summed E-state index contributed by atoms with van der Waals surface area (Å²) in [4.78, 5) is 54.4. The molecule has 0 bridgehead atoms. The largest absolute Gasteiger partial charge is 0.481 e. The maximum Gasteiger partial charge on any atom is 0.311 e. The summed E-state index contributed by atoms with van der Waals surface area (Å²) >= 11 is 12.3. The van der Waals surface area contributed by atoms with E-state index in [4.69, 9.17) is 37.4 Å². The van der Waals surface area contributed by atoms with Crippen LogP contribution in [-0.2, 0) is 14.3 Å². The highest BCUT2D eigenvalue weighted by atomic mass is 35.5. The first kappa shape index (κ1) is 25.4. The molecule has 4 atom stereocenters. The van der Waals surface area contributed by atoms with E-state index in [1.54, 1.807) is 31.2 Å². The molecule has 39 heavy (non-hydrogen) atoms. The van der Waals surface area contributed by atoms with Gasteiger partial charge in [-0.3, -0.25) is 19.2 Å². The van der Waals surface area contributed by atoms with Gasteiger partial charge in [-0.15, -0.1) is 0 Å². The van der Waals surface area contributed by atoms with Crippen LogP contribution in [0.25, 0.3) is 0 Å². The van der Waals surface area contributed by atoms with Gasteiger partial charge in [0.25, 0.3) is 0 Å². The molecule has 2 heterocycles. The molecular weight excluding hydrogens is 549 g/mol. The highest BCUT2D eigenvalue weighted by molar-refractivity contribution is 6.42. The number of Topliss-reactive ketones (excluding diaryl/α,β-unsaturated/α-hetero) is 2. The second kappa shape index (κ2) is 9.08. The lowest BCUT2D eigenvalue weighted by Gasteiger charge is -2.25. The van der Waals surface area contributed by atoms with Crippen molar-refractivity contribution in [3.63, 3.8) is 0 Å². The van der Waals surface area contributed by atoms with Gasteiger partial charge in [-0.25, -0.2) is 0 Å². The number of anilines is 1. The minimum atomic E-state index is -2.45. The van der Waals surface area contributed by atoms with E-state index in [1.807, 2.05) is 0 Å². The molecule has 6 rings (SSSR count). The maximum absolute atomic E-state index is 13.9. The van der Waals surface area contributed by atoms with Crippen LogP contribution in [0.1, 0.15) is 37.9 Å². The zero-order valence-corrected chi connectivity index (χ0v) is 21.7. The number of ether oxygens (including phenoxy) is 3. The third-order valence-electron chi connectivity index (χ3n) is 7.34. The summed E-state index contributed by atoms with van der Waals surface area (Å²) in [6.45, 7) is 1.67. The Hall–Kier alpha value is -3.92. The fourth-order valence-corrected chi connectivity index (χ4v) is 5.90. The van der Waals surface area contributed by atoms with Crippen molar-refractivity contribution >= 4 is 52.3 Å². The van der Waals surface area contributed by atoms with E-state index in [0.29, 0.717) is 22.7 Å². The van der Waals surface area contributed by atoms with E-state index in [2.05, 4.69) is 5.32 Å². The standard InChI is InChI=1S/C28H19Cl2NO8/c1-12-3-2-4-15-20(12)25(33)28(24(15)32)22(27(35)36)21(23(39-28)13-5-7-16(29)17(30)9-13)26(34)31-14-6-8-18-19(10-14)38-11-37-18/h2-10,21-23H,11H2,1H3,(H,31,34)(H,35,36). The second-order valence-corrected chi connectivity index (χ2v) is 10.3. The summed E-state index contributed by atoms with van der Waals surface area (Å²) in [5.74, 6) is -6.37. The van der Waals surface area contributed by atoms with Crippen molar-refractivity contribution in [2.24, 2.45) is 11.8 Å². The predicted octanol–water partition coefficient (Wildman–Crippen LogP) is 4.88. The number of aryl methyl sites for hydroxylation is 1. The van der Waals surface area contributed by atoms with Gasteiger partial charge in [0.1, 0.15) is 5.92 Å². The number of aliphatic carboxylic acids is 1. The molecule has 1 spiro atoms. The summed E-state index contributed by atoms with van der Waals surface area (Å²) in [6, 6.07) is 13.8. The van der Waals surface area contributed by atoms with Gasteiger partial charge in [-0.1, -0.05) is 47.5 Å². The van der Waals surface area contributed by atoms with Crippen LogP contribution in [0.15, 0.2) is 54.6 Å². The average molecular weight is 568 g/mol. The molecule has 1 saturated heterocycles. The zero-order valence-electron chi connectivity index (χ0n) is 20.2. The van der Waals surface area contributed by atoms with E-state index in [9.17, 15) is 24.3 Å². The number of hydrogen-bond acceptors (Lipinski definition) is 7. The molecule has 0 saturated carbocycles. The quantitative estimate of drug-likeness (QED) is 0.427. The van der Waals surface area contributed by atoms with Crippen molar-refractivity contribution in [2.45, 2.75) is 18.6 Å². The molecule has 0 radical (unpaired) electrons. The molecular formula is C28H19Cl2NO8. The molecule has 3 aromatic carbocycles. The van der Waals surface area contributed by atoms with Crippen LogP contribution in [0.4, 0.5) is 5.69 Å². The monoisotopic (exact) mass is 567 g/mol. The van der Waals surface area contributed by atoms with Gasteiger partial charge in [0.2, 0.25) is 29.9 Å². The lowest BCUT2D eigenvalue weighted by molar-refractivity contribution is -0.147. The number of carbonyl (C=O) groups excluding carboxylic acids is 3. The van der Waals surface area contributed by atoms with Crippen molar-refractivity contribution in [3.8, 4) is 11.5 Å². The first-order valence-corrected chi connectivity index (χ1v) is 12.6. The Bertz CT molecular complexity index is 1600. The third kappa shape index (κ3) is 3.72. The number of rotatable bonds is 4. The Morgan fingerprint density at radius 1 is 0.974 bits per heavy atom. The summed E-state index contributed by atoms with van der Waals surface area (Å²) in [5.41, 5.74) is -1.24. The van der Waals surface area contributed by atoms with Crippen LogP contribution >= 0.6 is 23.2 Å². The molecule has 0 aromatic heterocycles. The van der Waals surface area contributed by atoms with Gasteiger partial charge in [0, 0.05) is 22.9 Å². The van der Waals surface area contributed by atoms with Crippen LogP contribution in [0.3, 0.4) is 0 Å². The number of fused-ring (bicyclic) bond motifs is 2. The Labute approximate surface area is 231 Å². The lowest BCUT2D eigenvalue weighted by atomic mass is 9.75. The fourth-order valence-electron chi connectivity index (χ4n) is 5.59. The molecule has 3 aromatic rings. The van der Waals surface area contributed by atoms with Crippen LogP contribution in [0.2, 0.25) is 10.0 Å². The lowest BCUT2D eigenvalue weighted by Crippen LogP contribution is -2.52. The number of nitrogens with one attached hydrogen (secondary N) is 1. The van der Waals surface area contributed by atoms with Crippen LogP contribution in [0.5, 0.6) is 11.5 Å². The Kier molecular flexibility index (Phi) is 5.91. The number of carboxylic acid groups (broad SMARTS) is 1. The smallest absolute Gasteiger partial charge is 0.311 e. The molecule has 9 nitrogen and oxygen atoms in total. The minimum absolute atomic E-state index is 0.0242. The van der Waals surface area contributed by atoms with E-state index < -0.39 is 47.0 Å². The number of amides is 1. The topological polar surface area (TPSA) is 128 Å². The molecule has 2 N–H and O–H groups in total. The number of halogens is 2. The molecule has 2 aliphatic heterocycles. The van der Waals surface area contributed by atoms with Crippen LogP contribution in [-0.4, -0.2) is 40.9 Å². The normalized spacial score (nSPS) is 24.7. The van der Waals surface area contributed by atoms with E-state index in [1.165, 1.54) is 30.3 Å². The fraction of sp³-hybridized carbons (Fsp3) is 0.214. The molecule has 1 aliphatic carbocycles. The number of ketones is 2. The Morgan fingerprint density at radius 3 is 2.46 bits per heavy atom. The van der Waals surface area contributed by atoms with Gasteiger partial charge >= 0.3 is 5.97 Å². The van der Waals surface area contributed by atoms with Gasteiger partial charge in [-0.2, -0.15) is 0 Å². The minimum Gasteiger partial charge on any atom is -0.481 e. The van der Waals surface area contributed by atoms with Gasteiger partial charge in [0.05, 0.1) is 22.1 Å². The van der Waals surface area contributed by atoms with Gasteiger partial charge in [0.15, 0.2) is 11.5 Å². The highest BCUT2D eigenvalue weighted by Gasteiger charge is 2.71. The molecule has 11 heteroatoms. The molecule has 3 aliphatic rings. The number of benzene rings is 3. The molecule has 1 amide bonds. The van der Waals surface area contributed by atoms with Crippen LogP contribution < -0.4 is 14.8 Å². The number of carboxylic acids is 1. The highest BCUT2D eigenvalue weighted by Crippen LogP contribution is 2.55. The van der Waals surface area contributed by atoms with E-state index in [-0.39, 0.29) is 33.5 Å². The summed E-state index contributed by atoms with van der Waals surface area (Å²) < 4.78 is 16.8. The first-order chi connectivity index (χ1) is 18.6. The maximum atomic E-state index is 13.9. The first-order valence-electron chi connectivity index (χ1n) is 11.9. The van der Waals surface area contributed by atoms with Crippen molar-refractivity contribution in [2.75, 3.05) is 12.1 Å². The Balaban J connectivity index is 1.48. The second-order valence-electron chi connectivity index (χ2n) is 9.50. The summed E-state index contributed by atoms with van der Waals surface area (Å²) in [6.07, 6.45) is -1.32.